The number of allylic oxidation sites excluding steroid dienone is 4. The summed E-state index contributed by atoms with van der Waals surface area (Å²) >= 11 is 0. The first kappa shape index (κ1) is 36.4. The number of carbonyl (C=O) groups is 3. The molecule has 0 bridgehead atoms. The molecule has 272 valence electrons. The molecule has 9 heteroatoms. The molecule has 6 aliphatic rings. The summed E-state index contributed by atoms with van der Waals surface area (Å²) in [7, 11) is 0. The molecule has 0 aromatic carbocycles. The van der Waals surface area contributed by atoms with Gasteiger partial charge < -0.3 is 15.2 Å². The number of hydrogen-bond donors (Lipinski definition) is 1. The van der Waals surface area contributed by atoms with Crippen LogP contribution >= 0.6 is 0 Å². The Kier molecular flexibility index (Phi) is 8.57. The molecule has 0 saturated heterocycles. The van der Waals surface area contributed by atoms with Crippen LogP contribution in [0.3, 0.4) is 0 Å². The van der Waals surface area contributed by atoms with Crippen LogP contribution in [0.15, 0.2) is 34.4 Å². The number of ketones is 1. The van der Waals surface area contributed by atoms with E-state index in [9.17, 15) is 27.6 Å². The summed E-state index contributed by atoms with van der Waals surface area (Å²) < 4.78 is 49.6. The van der Waals surface area contributed by atoms with Gasteiger partial charge in [0.2, 0.25) is 5.60 Å². The standard InChI is InChI=1S/C40H56F3NO5/c1-9-48-32(46)39(49-33(47)40(41,42)43)18-12-24(13-19-39)25-14-16-35(6)28(34(25,4)5)15-17-37(8)29(35)11-10-26-31-30(23(2)3)27(45)22-38(31,44)21-20-36(26,37)7/h12,14,23,26,28-29H,9-11,13,15-22,44H2,1-8H3/t26-,28+,29-,35+,36-,37-,38-,39?/m1/s1. The minimum atomic E-state index is -5.21. The molecule has 0 amide bonds. The minimum Gasteiger partial charge on any atom is -0.463 e. The summed E-state index contributed by atoms with van der Waals surface area (Å²) in [5.74, 6) is -1.69. The van der Waals surface area contributed by atoms with Gasteiger partial charge in [-0.05, 0) is 126 Å². The molecule has 8 atom stereocenters. The van der Waals surface area contributed by atoms with E-state index in [1.54, 1.807) is 6.92 Å². The number of Topliss-reactive ketones (excluding diaryl/α,β-unsaturated/α-hetero) is 1. The maximum Gasteiger partial charge on any atom is 0.490 e. The highest BCUT2D eigenvalue weighted by atomic mass is 19.4. The summed E-state index contributed by atoms with van der Waals surface area (Å²) in [6, 6.07) is 0. The molecule has 0 aliphatic heterocycles. The minimum absolute atomic E-state index is 0.0270. The average molecular weight is 688 g/mol. The van der Waals surface area contributed by atoms with E-state index in [2.05, 4.69) is 54.5 Å². The summed E-state index contributed by atoms with van der Waals surface area (Å²) in [6.07, 6.45) is 6.60. The van der Waals surface area contributed by atoms with Gasteiger partial charge in [-0.25, -0.2) is 9.59 Å². The number of ether oxygens (including phenoxy) is 2. The molecule has 49 heavy (non-hydrogen) atoms. The van der Waals surface area contributed by atoms with Crippen LogP contribution in [0.5, 0.6) is 0 Å². The maximum absolute atomic E-state index is 13.3. The second-order valence-corrected chi connectivity index (χ2v) is 17.9. The van der Waals surface area contributed by atoms with Crippen LogP contribution in [0.4, 0.5) is 13.2 Å². The first-order chi connectivity index (χ1) is 22.6. The van der Waals surface area contributed by atoms with Gasteiger partial charge in [-0.15, -0.1) is 0 Å². The Balaban J connectivity index is 1.31. The smallest absolute Gasteiger partial charge is 0.463 e. The number of hydrogen-bond acceptors (Lipinski definition) is 6. The predicted octanol–water partition coefficient (Wildman–Crippen LogP) is 8.73. The van der Waals surface area contributed by atoms with E-state index >= 15 is 0 Å². The van der Waals surface area contributed by atoms with Crippen LogP contribution in [0.25, 0.3) is 0 Å². The van der Waals surface area contributed by atoms with E-state index in [1.807, 2.05) is 6.08 Å². The van der Waals surface area contributed by atoms with E-state index in [4.69, 9.17) is 15.2 Å². The van der Waals surface area contributed by atoms with Crippen LogP contribution in [-0.4, -0.2) is 41.6 Å². The fourth-order valence-corrected chi connectivity index (χ4v) is 12.7. The molecule has 3 fully saturated rings. The molecule has 6 nitrogen and oxygen atoms in total. The fraction of sp³-hybridized carbons (Fsp3) is 0.775. The van der Waals surface area contributed by atoms with Crippen molar-refractivity contribution < 1.29 is 37.0 Å². The van der Waals surface area contributed by atoms with Crippen molar-refractivity contribution >= 4 is 17.7 Å². The van der Waals surface area contributed by atoms with Gasteiger partial charge in [-0.3, -0.25) is 4.79 Å². The lowest BCUT2D eigenvalue weighted by Gasteiger charge is -2.71. The van der Waals surface area contributed by atoms with Crippen LogP contribution < -0.4 is 5.73 Å². The lowest BCUT2D eigenvalue weighted by atomic mass is 9.33. The highest BCUT2D eigenvalue weighted by molar-refractivity contribution is 6.01. The van der Waals surface area contributed by atoms with Gasteiger partial charge in [-0.2, -0.15) is 13.2 Å². The Labute approximate surface area is 289 Å². The Morgan fingerprint density at radius 2 is 1.63 bits per heavy atom. The molecular formula is C40H56F3NO5. The molecule has 0 heterocycles. The number of alkyl halides is 3. The van der Waals surface area contributed by atoms with Crippen molar-refractivity contribution in [2.75, 3.05) is 6.61 Å². The van der Waals surface area contributed by atoms with Gasteiger partial charge in [0.1, 0.15) is 0 Å². The Morgan fingerprint density at radius 3 is 2.22 bits per heavy atom. The normalized spacial score (nSPS) is 41.6. The van der Waals surface area contributed by atoms with Crippen molar-refractivity contribution in [2.45, 2.75) is 143 Å². The second-order valence-electron chi connectivity index (χ2n) is 17.9. The SMILES string of the molecule is CCOC(=O)C1(OC(=O)C(F)(F)F)CC=C(C2=CC[C@]3(C)[C@H]4CC[C@@H]5C6=C(C(C)C)C(=O)C[C@]6(N)CC[C@@]5(C)[C@]4(C)CC[C@H]3C2(C)C)CC1. The van der Waals surface area contributed by atoms with Crippen molar-refractivity contribution in [3.8, 4) is 0 Å². The summed E-state index contributed by atoms with van der Waals surface area (Å²) in [4.78, 5) is 38.2. The lowest BCUT2D eigenvalue weighted by Crippen LogP contribution is -2.65. The van der Waals surface area contributed by atoms with E-state index in [0.717, 1.165) is 56.1 Å². The molecule has 0 aromatic rings. The molecule has 3 saturated carbocycles. The van der Waals surface area contributed by atoms with Gasteiger partial charge in [0, 0.05) is 24.8 Å². The fourth-order valence-electron chi connectivity index (χ4n) is 12.7. The Hall–Kier alpha value is -2.42. The molecule has 0 aromatic heterocycles. The van der Waals surface area contributed by atoms with E-state index in [-0.39, 0.29) is 52.8 Å². The number of halogens is 3. The monoisotopic (exact) mass is 687 g/mol. The largest absolute Gasteiger partial charge is 0.490 e. The van der Waals surface area contributed by atoms with E-state index in [0.29, 0.717) is 30.6 Å². The van der Waals surface area contributed by atoms with Gasteiger partial charge in [0.15, 0.2) is 5.78 Å². The number of nitrogens with two attached hydrogens (primary N) is 1. The number of fused-ring (bicyclic) bond motifs is 7. The van der Waals surface area contributed by atoms with Crippen molar-refractivity contribution in [3.05, 3.63) is 34.4 Å². The van der Waals surface area contributed by atoms with Crippen molar-refractivity contribution in [1.82, 2.24) is 0 Å². The van der Waals surface area contributed by atoms with Crippen LogP contribution in [0.1, 0.15) is 126 Å². The second kappa shape index (κ2) is 11.5. The highest BCUT2D eigenvalue weighted by Gasteiger charge is 2.69. The van der Waals surface area contributed by atoms with Gasteiger partial charge in [-0.1, -0.05) is 60.6 Å². The first-order valence-corrected chi connectivity index (χ1v) is 18.6. The van der Waals surface area contributed by atoms with Crippen LogP contribution in [0, 0.1) is 45.3 Å². The zero-order valence-electron chi connectivity index (χ0n) is 30.7. The van der Waals surface area contributed by atoms with Crippen molar-refractivity contribution in [3.63, 3.8) is 0 Å². The maximum atomic E-state index is 13.3. The topological polar surface area (TPSA) is 95.7 Å². The zero-order valence-corrected chi connectivity index (χ0v) is 30.7. The van der Waals surface area contributed by atoms with Gasteiger partial charge in [0.25, 0.3) is 0 Å². The van der Waals surface area contributed by atoms with Crippen molar-refractivity contribution in [2.24, 2.45) is 51.1 Å². The Morgan fingerprint density at radius 1 is 0.939 bits per heavy atom. The molecule has 1 unspecified atom stereocenters. The summed E-state index contributed by atoms with van der Waals surface area (Å²) in [5.41, 5.74) is 9.07. The quantitative estimate of drug-likeness (QED) is 0.291. The third kappa shape index (κ3) is 5.16. The number of rotatable bonds is 5. The first-order valence-electron chi connectivity index (χ1n) is 18.6. The third-order valence-corrected chi connectivity index (χ3v) is 15.1. The van der Waals surface area contributed by atoms with E-state index in [1.165, 1.54) is 11.1 Å². The van der Waals surface area contributed by atoms with Crippen LogP contribution in [0.2, 0.25) is 0 Å². The highest BCUT2D eigenvalue weighted by Crippen LogP contribution is 2.75. The molecule has 2 N–H and O–H groups in total. The van der Waals surface area contributed by atoms with Gasteiger partial charge in [0.05, 0.1) is 6.61 Å². The molecule has 6 aliphatic carbocycles. The van der Waals surface area contributed by atoms with E-state index < -0.39 is 29.3 Å². The van der Waals surface area contributed by atoms with Crippen molar-refractivity contribution in [1.29, 1.82) is 0 Å². The molecule has 0 radical (unpaired) electrons. The number of esters is 2. The molecule has 0 spiro atoms. The predicted molar refractivity (Wildman–Crippen MR) is 181 cm³/mol. The van der Waals surface area contributed by atoms with Crippen LogP contribution in [-0.2, 0) is 23.9 Å². The van der Waals surface area contributed by atoms with Gasteiger partial charge >= 0.3 is 18.1 Å². The summed E-state index contributed by atoms with van der Waals surface area (Å²) in [6.45, 7) is 18.0. The lowest BCUT2D eigenvalue weighted by molar-refractivity contribution is -0.219. The average Bonchev–Trinajstić information content (AvgIpc) is 3.27. The number of carbonyl (C=O) groups excluding carboxylic acids is 3. The summed E-state index contributed by atoms with van der Waals surface area (Å²) in [5, 5.41) is 0. The third-order valence-electron chi connectivity index (χ3n) is 15.1. The molecular weight excluding hydrogens is 631 g/mol. The molecule has 6 rings (SSSR count). The zero-order chi connectivity index (χ0) is 36.2. The Bertz CT molecular complexity index is 1540.